The molecular weight excluding hydrogens is 672 g/mol. The average Bonchev–Trinajstić information content (AvgIpc) is 3.75. The van der Waals surface area contributed by atoms with Crippen LogP contribution in [0.3, 0.4) is 0 Å². The number of esters is 1. The van der Waals surface area contributed by atoms with E-state index in [0.717, 1.165) is 66.3 Å². The highest BCUT2D eigenvalue weighted by atomic mass is 35.5. The third-order valence-corrected chi connectivity index (χ3v) is 9.98. The summed E-state index contributed by atoms with van der Waals surface area (Å²) in [5, 5.41) is 1.46. The number of aromatic nitrogens is 3. The molecule has 1 saturated heterocycles. The summed E-state index contributed by atoms with van der Waals surface area (Å²) in [6.45, 7) is 18.7. The van der Waals surface area contributed by atoms with E-state index in [1.165, 1.54) is 0 Å². The molecule has 1 aliphatic heterocycles. The first-order valence-electron chi connectivity index (χ1n) is 17.0. The number of benzene rings is 3. The van der Waals surface area contributed by atoms with Gasteiger partial charge in [-0.2, -0.15) is 0 Å². The average molecular weight is 717 g/mol. The maximum atomic E-state index is 13.5. The quantitative estimate of drug-likeness (QED) is 0.155. The van der Waals surface area contributed by atoms with Crippen LogP contribution in [0.25, 0.3) is 42.9 Å². The van der Waals surface area contributed by atoms with Gasteiger partial charge in [0.25, 0.3) is 0 Å². The molecule has 264 valence electrons. The van der Waals surface area contributed by atoms with E-state index in [1.54, 1.807) is 23.2 Å². The molecule has 5 aromatic rings. The second kappa shape index (κ2) is 13.6. The number of fused-ring (bicyclic) bond motifs is 2. The minimum atomic E-state index is -0.948. The van der Waals surface area contributed by atoms with Gasteiger partial charge in [0, 0.05) is 34.8 Å². The van der Waals surface area contributed by atoms with E-state index in [4.69, 9.17) is 35.8 Å². The molecule has 0 spiro atoms. The van der Waals surface area contributed by atoms with Crippen LogP contribution in [0.1, 0.15) is 84.0 Å². The molecule has 0 N–H and O–H groups in total. The molecule has 6 rings (SSSR count). The number of carbonyl (C=O) groups is 2. The highest BCUT2D eigenvalue weighted by molar-refractivity contribution is 7.22. The molecule has 0 aliphatic carbocycles. The van der Waals surface area contributed by atoms with Crippen LogP contribution in [0, 0.1) is 13.8 Å². The first-order chi connectivity index (χ1) is 23.5. The van der Waals surface area contributed by atoms with Gasteiger partial charge in [-0.1, -0.05) is 23.7 Å². The Morgan fingerprint density at radius 1 is 0.960 bits per heavy atom. The van der Waals surface area contributed by atoms with Gasteiger partial charge in [0.1, 0.15) is 16.4 Å². The molecule has 0 bridgehead atoms. The monoisotopic (exact) mass is 716 g/mol. The van der Waals surface area contributed by atoms with Crippen LogP contribution in [0.15, 0.2) is 48.5 Å². The van der Waals surface area contributed by atoms with Crippen molar-refractivity contribution in [2.45, 2.75) is 92.1 Å². The predicted octanol–water partition coefficient (Wildman–Crippen LogP) is 9.85. The van der Waals surface area contributed by atoms with Crippen molar-refractivity contribution >= 4 is 56.3 Å². The summed E-state index contributed by atoms with van der Waals surface area (Å²) in [5.41, 5.74) is 5.90. The van der Waals surface area contributed by atoms with E-state index in [1.807, 2.05) is 91.8 Å². The molecule has 9 nitrogen and oxygen atoms in total. The number of ether oxygens (including phenoxy) is 3. The zero-order valence-electron chi connectivity index (χ0n) is 30.2. The highest BCUT2D eigenvalue weighted by Gasteiger charge is 2.35. The molecule has 3 heterocycles. The van der Waals surface area contributed by atoms with Crippen LogP contribution < -0.4 is 0 Å². The fraction of sp³-hybridized carbons (Fsp3) is 0.436. The van der Waals surface area contributed by atoms with Gasteiger partial charge in [-0.25, -0.2) is 19.6 Å². The Hall–Kier alpha value is -3.99. The number of amides is 1. The van der Waals surface area contributed by atoms with Crippen molar-refractivity contribution in [1.29, 1.82) is 0 Å². The number of halogens is 1. The summed E-state index contributed by atoms with van der Waals surface area (Å²) in [7, 11) is 0. The van der Waals surface area contributed by atoms with E-state index >= 15 is 0 Å². The van der Waals surface area contributed by atoms with Crippen molar-refractivity contribution in [2.75, 3.05) is 19.7 Å². The lowest BCUT2D eigenvalue weighted by atomic mass is 9.91. The van der Waals surface area contributed by atoms with Gasteiger partial charge < -0.3 is 23.7 Å². The lowest BCUT2D eigenvalue weighted by molar-refractivity contribution is -0.166. The molecule has 0 unspecified atom stereocenters. The van der Waals surface area contributed by atoms with Gasteiger partial charge in [-0.3, -0.25) is 0 Å². The minimum Gasteiger partial charge on any atom is -0.464 e. The van der Waals surface area contributed by atoms with Crippen LogP contribution in [0.4, 0.5) is 4.79 Å². The van der Waals surface area contributed by atoms with Gasteiger partial charge in [-0.15, -0.1) is 11.3 Å². The van der Waals surface area contributed by atoms with E-state index in [9.17, 15) is 9.59 Å². The van der Waals surface area contributed by atoms with Crippen molar-refractivity contribution < 1.29 is 23.8 Å². The number of carbonyl (C=O) groups excluding carboxylic acids is 2. The standard InChI is InChI=1S/C39H45ClN4O5S/c1-10-47-36(45)33(48-38(4,5)6)31-22(2)19-29-34(32(31)24-11-14-26(40)15-12-24)50-35(42-29)25-13-16-28-30(20-25)44(23(3)41-28)27-17-18-43(21-27)37(46)49-39(7,8)9/h11-16,19-20,27,33H,10,17-18,21H2,1-9H3/t27-,33+/m1/s1. The predicted molar refractivity (Wildman–Crippen MR) is 200 cm³/mol. The fourth-order valence-corrected chi connectivity index (χ4v) is 7.87. The molecule has 50 heavy (non-hydrogen) atoms. The number of imidazole rings is 1. The summed E-state index contributed by atoms with van der Waals surface area (Å²) in [6.07, 6.45) is -0.431. The van der Waals surface area contributed by atoms with Crippen LogP contribution in [-0.4, -0.2) is 62.4 Å². The van der Waals surface area contributed by atoms with E-state index in [2.05, 4.69) is 16.7 Å². The van der Waals surface area contributed by atoms with Gasteiger partial charge in [0.05, 0.1) is 39.5 Å². The van der Waals surface area contributed by atoms with Crippen molar-refractivity contribution in [1.82, 2.24) is 19.4 Å². The largest absolute Gasteiger partial charge is 0.464 e. The van der Waals surface area contributed by atoms with Crippen molar-refractivity contribution in [3.63, 3.8) is 0 Å². The van der Waals surface area contributed by atoms with Crippen LogP contribution >= 0.6 is 22.9 Å². The maximum absolute atomic E-state index is 13.5. The SMILES string of the molecule is CCOC(=O)[C@@H](OC(C)(C)C)c1c(C)cc2nc(-c3ccc4nc(C)n([C@@H]5CCN(C(=O)OC(C)(C)C)C5)c4c3)sc2c1-c1ccc(Cl)cc1. The summed E-state index contributed by atoms with van der Waals surface area (Å²) in [4.78, 5) is 38.2. The molecule has 1 aliphatic rings. The van der Waals surface area contributed by atoms with Crippen molar-refractivity contribution in [3.05, 3.63) is 70.5 Å². The summed E-state index contributed by atoms with van der Waals surface area (Å²) < 4.78 is 20.8. The van der Waals surface area contributed by atoms with Crippen molar-refractivity contribution in [3.8, 4) is 21.7 Å². The van der Waals surface area contributed by atoms with Crippen LogP contribution in [0.5, 0.6) is 0 Å². The van der Waals surface area contributed by atoms with E-state index in [0.29, 0.717) is 18.1 Å². The molecule has 0 radical (unpaired) electrons. The molecule has 2 atom stereocenters. The molecule has 2 aromatic heterocycles. The minimum absolute atomic E-state index is 0.0717. The third kappa shape index (κ3) is 7.38. The molecule has 0 saturated carbocycles. The smallest absolute Gasteiger partial charge is 0.410 e. The first-order valence-corrected chi connectivity index (χ1v) is 18.2. The van der Waals surface area contributed by atoms with Crippen LogP contribution in [0.2, 0.25) is 5.02 Å². The van der Waals surface area contributed by atoms with E-state index < -0.39 is 23.3 Å². The number of thiazole rings is 1. The molecule has 3 aromatic carbocycles. The molecule has 1 fully saturated rings. The number of hydrogen-bond donors (Lipinski definition) is 0. The number of aryl methyl sites for hydroxylation is 2. The Morgan fingerprint density at radius 3 is 2.32 bits per heavy atom. The molecular formula is C39H45ClN4O5S. The third-order valence-electron chi connectivity index (χ3n) is 8.59. The van der Waals surface area contributed by atoms with Gasteiger partial charge >= 0.3 is 12.1 Å². The Kier molecular flexibility index (Phi) is 9.76. The number of nitrogens with zero attached hydrogens (tertiary/aromatic N) is 4. The Morgan fingerprint density at radius 2 is 1.66 bits per heavy atom. The summed E-state index contributed by atoms with van der Waals surface area (Å²) >= 11 is 7.90. The Bertz CT molecular complexity index is 2070. The second-order valence-corrected chi connectivity index (χ2v) is 16.3. The molecule has 11 heteroatoms. The Labute approximate surface area is 302 Å². The lowest BCUT2D eigenvalue weighted by Gasteiger charge is -2.29. The van der Waals surface area contributed by atoms with Gasteiger partial charge in [-0.05, 0) is 116 Å². The zero-order chi connectivity index (χ0) is 36.1. The van der Waals surface area contributed by atoms with Gasteiger partial charge in [0.15, 0.2) is 6.10 Å². The van der Waals surface area contributed by atoms with Crippen molar-refractivity contribution in [2.24, 2.45) is 0 Å². The van der Waals surface area contributed by atoms with Crippen LogP contribution in [-0.2, 0) is 19.0 Å². The fourth-order valence-electron chi connectivity index (χ4n) is 6.62. The summed E-state index contributed by atoms with van der Waals surface area (Å²) in [5.74, 6) is 0.461. The number of likely N-dealkylation sites (tertiary alicyclic amines) is 1. The molecule has 1 amide bonds. The lowest BCUT2D eigenvalue weighted by Crippen LogP contribution is -2.35. The zero-order valence-corrected chi connectivity index (χ0v) is 31.8. The number of hydrogen-bond acceptors (Lipinski definition) is 8. The van der Waals surface area contributed by atoms with Gasteiger partial charge in [0.2, 0.25) is 0 Å². The number of rotatable bonds is 7. The highest BCUT2D eigenvalue weighted by Crippen LogP contribution is 2.45. The second-order valence-electron chi connectivity index (χ2n) is 14.8. The maximum Gasteiger partial charge on any atom is 0.410 e. The summed E-state index contributed by atoms with van der Waals surface area (Å²) in [6, 6.07) is 16.0. The Balaban J connectivity index is 1.46. The van der Waals surface area contributed by atoms with E-state index in [-0.39, 0.29) is 18.7 Å². The topological polar surface area (TPSA) is 95.8 Å². The normalized spacial score (nSPS) is 16.0. The first kappa shape index (κ1) is 35.8.